The molecular formula is C16H24N2O2. The molecule has 20 heavy (non-hydrogen) atoms. The van der Waals surface area contributed by atoms with Gasteiger partial charge in [-0.05, 0) is 24.5 Å². The van der Waals surface area contributed by atoms with Crippen LogP contribution < -0.4 is 5.32 Å². The Kier molecular flexibility index (Phi) is 6.77. The number of amides is 2. The molecule has 0 saturated carbocycles. The van der Waals surface area contributed by atoms with E-state index in [-0.39, 0.29) is 18.4 Å². The monoisotopic (exact) mass is 276 g/mol. The first kappa shape index (κ1) is 16.2. The number of hydrogen-bond acceptors (Lipinski definition) is 2. The Morgan fingerprint density at radius 1 is 1.25 bits per heavy atom. The third-order valence-corrected chi connectivity index (χ3v) is 3.32. The second-order valence-corrected chi connectivity index (χ2v) is 5.05. The predicted octanol–water partition coefficient (Wildman–Crippen LogP) is 1.91. The molecule has 110 valence electrons. The lowest BCUT2D eigenvalue weighted by atomic mass is 10.1. The summed E-state index contributed by atoms with van der Waals surface area (Å²) in [4.78, 5) is 25.3. The Labute approximate surface area is 121 Å². The Morgan fingerprint density at radius 2 is 1.95 bits per heavy atom. The molecule has 0 aromatic heterocycles. The highest BCUT2D eigenvalue weighted by Crippen LogP contribution is 2.07. The summed E-state index contributed by atoms with van der Waals surface area (Å²) >= 11 is 0. The van der Waals surface area contributed by atoms with E-state index in [9.17, 15) is 9.59 Å². The first-order chi connectivity index (χ1) is 9.54. The summed E-state index contributed by atoms with van der Waals surface area (Å²) in [7, 11) is 1.77. The molecule has 0 fully saturated rings. The van der Waals surface area contributed by atoms with Crippen LogP contribution in [0.25, 0.3) is 0 Å². The average molecular weight is 276 g/mol. The molecule has 0 aliphatic carbocycles. The molecule has 2 amide bonds. The fraction of sp³-hybridized carbons (Fsp3) is 0.500. The van der Waals surface area contributed by atoms with Crippen LogP contribution in [0.5, 0.6) is 0 Å². The first-order valence-electron chi connectivity index (χ1n) is 7.09. The van der Waals surface area contributed by atoms with E-state index in [1.807, 2.05) is 31.2 Å². The molecule has 0 saturated heterocycles. The van der Waals surface area contributed by atoms with Gasteiger partial charge in [-0.2, -0.15) is 0 Å². The van der Waals surface area contributed by atoms with Gasteiger partial charge in [-0.1, -0.05) is 37.6 Å². The van der Waals surface area contributed by atoms with E-state index in [2.05, 4.69) is 12.2 Å². The largest absolute Gasteiger partial charge is 0.347 e. The van der Waals surface area contributed by atoms with Gasteiger partial charge in [-0.15, -0.1) is 0 Å². The summed E-state index contributed by atoms with van der Waals surface area (Å²) in [6.45, 7) is 4.88. The van der Waals surface area contributed by atoms with Crippen LogP contribution in [0.15, 0.2) is 24.3 Å². The van der Waals surface area contributed by atoms with Crippen LogP contribution in [0.1, 0.15) is 30.9 Å². The average Bonchev–Trinajstić information content (AvgIpc) is 2.44. The van der Waals surface area contributed by atoms with Crippen LogP contribution in [-0.2, 0) is 16.0 Å². The first-order valence-corrected chi connectivity index (χ1v) is 7.09. The topological polar surface area (TPSA) is 49.4 Å². The Hall–Kier alpha value is -1.84. The van der Waals surface area contributed by atoms with Gasteiger partial charge < -0.3 is 10.2 Å². The van der Waals surface area contributed by atoms with E-state index in [0.717, 1.165) is 30.5 Å². The van der Waals surface area contributed by atoms with Crippen molar-refractivity contribution in [3.05, 3.63) is 35.4 Å². The maximum Gasteiger partial charge on any atom is 0.241 e. The number of aryl methyl sites for hydroxylation is 1. The minimum absolute atomic E-state index is 0.0448. The minimum Gasteiger partial charge on any atom is -0.347 e. The zero-order chi connectivity index (χ0) is 15.0. The highest BCUT2D eigenvalue weighted by atomic mass is 16.2. The molecule has 0 aliphatic rings. The van der Waals surface area contributed by atoms with Crippen molar-refractivity contribution < 1.29 is 9.59 Å². The second kappa shape index (κ2) is 8.35. The third kappa shape index (κ3) is 5.43. The lowest BCUT2D eigenvalue weighted by molar-refractivity contribution is -0.131. The molecule has 1 N–H and O–H groups in total. The number of unbranched alkanes of at least 4 members (excludes halogenated alkanes) is 1. The van der Waals surface area contributed by atoms with E-state index in [0.29, 0.717) is 6.42 Å². The number of carbonyl (C=O) groups is 2. The molecule has 4 nitrogen and oxygen atoms in total. The summed E-state index contributed by atoms with van der Waals surface area (Å²) in [5.41, 5.74) is 2.09. The van der Waals surface area contributed by atoms with Crippen molar-refractivity contribution in [2.24, 2.45) is 0 Å². The van der Waals surface area contributed by atoms with Gasteiger partial charge in [0.2, 0.25) is 11.8 Å². The Balaban J connectivity index is 2.36. The van der Waals surface area contributed by atoms with Crippen LogP contribution in [0.3, 0.4) is 0 Å². The van der Waals surface area contributed by atoms with Gasteiger partial charge in [-0.25, -0.2) is 0 Å². The molecule has 1 aromatic carbocycles. The Morgan fingerprint density at radius 3 is 2.60 bits per heavy atom. The summed E-state index contributed by atoms with van der Waals surface area (Å²) in [5, 5.41) is 2.69. The standard InChI is InChI=1S/C16H24N2O2/c1-4-5-10-18(3)16(20)12-17-15(19)11-14-9-7-6-8-13(14)2/h6-9H,4-5,10-12H2,1-3H3,(H,17,19). The van der Waals surface area contributed by atoms with E-state index in [4.69, 9.17) is 0 Å². The number of carbonyl (C=O) groups excluding carboxylic acids is 2. The van der Waals surface area contributed by atoms with Gasteiger partial charge in [0, 0.05) is 13.6 Å². The van der Waals surface area contributed by atoms with Crippen molar-refractivity contribution in [3.8, 4) is 0 Å². The predicted molar refractivity (Wildman–Crippen MR) is 80.4 cm³/mol. The second-order valence-electron chi connectivity index (χ2n) is 5.05. The molecule has 4 heteroatoms. The summed E-state index contributed by atoms with van der Waals surface area (Å²) in [5.74, 6) is -0.159. The van der Waals surface area contributed by atoms with Crippen molar-refractivity contribution in [3.63, 3.8) is 0 Å². The number of benzene rings is 1. The van der Waals surface area contributed by atoms with Crippen LogP contribution in [0.2, 0.25) is 0 Å². The van der Waals surface area contributed by atoms with Crippen molar-refractivity contribution in [1.82, 2.24) is 10.2 Å². The van der Waals surface area contributed by atoms with Gasteiger partial charge in [0.15, 0.2) is 0 Å². The van der Waals surface area contributed by atoms with Crippen molar-refractivity contribution in [2.75, 3.05) is 20.1 Å². The normalized spacial score (nSPS) is 10.2. The number of rotatable bonds is 7. The molecule has 0 aliphatic heterocycles. The van der Waals surface area contributed by atoms with E-state index < -0.39 is 0 Å². The van der Waals surface area contributed by atoms with Gasteiger partial charge >= 0.3 is 0 Å². The van der Waals surface area contributed by atoms with Crippen molar-refractivity contribution in [2.45, 2.75) is 33.1 Å². The van der Waals surface area contributed by atoms with Gasteiger partial charge in [0.05, 0.1) is 13.0 Å². The van der Waals surface area contributed by atoms with Gasteiger partial charge in [0.25, 0.3) is 0 Å². The molecular weight excluding hydrogens is 252 g/mol. The third-order valence-electron chi connectivity index (χ3n) is 3.32. The highest BCUT2D eigenvalue weighted by Gasteiger charge is 2.10. The fourth-order valence-corrected chi connectivity index (χ4v) is 1.87. The zero-order valence-electron chi connectivity index (χ0n) is 12.6. The highest BCUT2D eigenvalue weighted by molar-refractivity contribution is 5.85. The number of hydrogen-bond donors (Lipinski definition) is 1. The lowest BCUT2D eigenvalue weighted by Crippen LogP contribution is -2.39. The number of nitrogens with one attached hydrogen (secondary N) is 1. The van der Waals surface area contributed by atoms with Gasteiger partial charge in [-0.3, -0.25) is 9.59 Å². The van der Waals surface area contributed by atoms with Crippen LogP contribution in [0.4, 0.5) is 0 Å². The van der Waals surface area contributed by atoms with Crippen molar-refractivity contribution >= 4 is 11.8 Å². The zero-order valence-corrected chi connectivity index (χ0v) is 12.6. The van der Waals surface area contributed by atoms with Crippen LogP contribution >= 0.6 is 0 Å². The maximum atomic E-state index is 11.8. The number of nitrogens with zero attached hydrogens (tertiary/aromatic N) is 1. The molecule has 0 atom stereocenters. The van der Waals surface area contributed by atoms with Crippen molar-refractivity contribution in [1.29, 1.82) is 0 Å². The molecule has 0 spiro atoms. The van der Waals surface area contributed by atoms with Crippen LogP contribution in [-0.4, -0.2) is 36.9 Å². The molecule has 1 rings (SSSR count). The smallest absolute Gasteiger partial charge is 0.241 e. The van der Waals surface area contributed by atoms with E-state index >= 15 is 0 Å². The SMILES string of the molecule is CCCCN(C)C(=O)CNC(=O)Cc1ccccc1C. The number of likely N-dealkylation sites (N-methyl/N-ethyl adjacent to an activating group) is 1. The minimum atomic E-state index is -0.114. The lowest BCUT2D eigenvalue weighted by Gasteiger charge is -2.17. The van der Waals surface area contributed by atoms with Gasteiger partial charge in [0.1, 0.15) is 0 Å². The molecule has 0 unspecified atom stereocenters. The quantitative estimate of drug-likeness (QED) is 0.827. The van der Waals surface area contributed by atoms with E-state index in [1.165, 1.54) is 0 Å². The maximum absolute atomic E-state index is 11.8. The summed E-state index contributed by atoms with van der Waals surface area (Å²) < 4.78 is 0. The summed E-state index contributed by atoms with van der Waals surface area (Å²) in [6, 6.07) is 7.78. The molecule has 0 bridgehead atoms. The molecule has 1 aromatic rings. The molecule has 0 heterocycles. The van der Waals surface area contributed by atoms with E-state index in [1.54, 1.807) is 11.9 Å². The fourth-order valence-electron chi connectivity index (χ4n) is 1.87. The molecule has 0 radical (unpaired) electrons. The summed E-state index contributed by atoms with van der Waals surface area (Å²) in [6.07, 6.45) is 2.36. The van der Waals surface area contributed by atoms with Crippen LogP contribution in [0, 0.1) is 6.92 Å². The Bertz CT molecular complexity index is 458.